The van der Waals surface area contributed by atoms with Gasteiger partial charge in [-0.3, -0.25) is 4.79 Å². The summed E-state index contributed by atoms with van der Waals surface area (Å²) in [6, 6.07) is 0. The van der Waals surface area contributed by atoms with Crippen LogP contribution >= 0.6 is 0 Å². The van der Waals surface area contributed by atoms with Crippen LogP contribution in [0.1, 0.15) is 57.8 Å². The Morgan fingerprint density at radius 1 is 1.21 bits per heavy atom. The van der Waals surface area contributed by atoms with Crippen molar-refractivity contribution in [2.75, 3.05) is 0 Å². The van der Waals surface area contributed by atoms with Crippen LogP contribution in [0.3, 0.4) is 0 Å². The average Bonchev–Trinajstić information content (AvgIpc) is 2.44. The van der Waals surface area contributed by atoms with Gasteiger partial charge in [0.25, 0.3) is 0 Å². The van der Waals surface area contributed by atoms with Gasteiger partial charge in [0.1, 0.15) is 5.78 Å². The van der Waals surface area contributed by atoms with E-state index in [2.05, 4.69) is 0 Å². The summed E-state index contributed by atoms with van der Waals surface area (Å²) in [5, 5.41) is 0. The SMILES string of the molecule is NC1(CC(=O)CC2CCC2)CCCC1. The van der Waals surface area contributed by atoms with E-state index in [1.807, 2.05) is 0 Å². The number of hydrogen-bond donors (Lipinski definition) is 1. The quantitative estimate of drug-likeness (QED) is 0.748. The molecule has 0 aromatic heterocycles. The molecule has 2 heteroatoms. The maximum Gasteiger partial charge on any atom is 0.135 e. The molecule has 2 rings (SSSR count). The zero-order chi connectivity index (χ0) is 10.0. The zero-order valence-corrected chi connectivity index (χ0v) is 8.93. The summed E-state index contributed by atoms with van der Waals surface area (Å²) in [6.07, 6.45) is 9.86. The molecule has 0 aromatic rings. The molecule has 0 bridgehead atoms. The smallest absolute Gasteiger partial charge is 0.135 e. The van der Waals surface area contributed by atoms with Crippen molar-refractivity contribution >= 4 is 5.78 Å². The number of hydrogen-bond acceptors (Lipinski definition) is 2. The molecule has 2 fully saturated rings. The Kier molecular flexibility index (Phi) is 2.91. The van der Waals surface area contributed by atoms with E-state index in [-0.39, 0.29) is 5.54 Å². The second-order valence-corrected chi connectivity index (χ2v) is 5.29. The van der Waals surface area contributed by atoms with Crippen molar-refractivity contribution in [3.8, 4) is 0 Å². The summed E-state index contributed by atoms with van der Waals surface area (Å²) in [5.74, 6) is 1.12. The Labute approximate surface area is 86.2 Å². The normalized spacial score (nSPS) is 26.1. The van der Waals surface area contributed by atoms with Gasteiger partial charge in [0.2, 0.25) is 0 Å². The van der Waals surface area contributed by atoms with E-state index in [1.165, 1.54) is 32.1 Å². The predicted octanol–water partition coefficient (Wildman–Crippen LogP) is 2.41. The molecule has 0 aliphatic heterocycles. The Hall–Kier alpha value is -0.370. The summed E-state index contributed by atoms with van der Waals surface area (Å²) in [5.41, 5.74) is 6.05. The number of nitrogens with two attached hydrogens (primary N) is 1. The zero-order valence-electron chi connectivity index (χ0n) is 8.93. The van der Waals surface area contributed by atoms with Crippen LogP contribution in [-0.4, -0.2) is 11.3 Å². The fraction of sp³-hybridized carbons (Fsp3) is 0.917. The summed E-state index contributed by atoms with van der Waals surface area (Å²) < 4.78 is 0. The first-order chi connectivity index (χ1) is 6.68. The third kappa shape index (κ3) is 2.35. The molecule has 0 radical (unpaired) electrons. The number of Topliss-reactive ketones (excluding diaryl/α,β-unsaturated/α-hetero) is 1. The Morgan fingerprint density at radius 3 is 2.36 bits per heavy atom. The first-order valence-electron chi connectivity index (χ1n) is 5.99. The van der Waals surface area contributed by atoms with Crippen LogP contribution in [0, 0.1) is 5.92 Å². The lowest BCUT2D eigenvalue weighted by Gasteiger charge is -2.27. The molecule has 0 amide bonds. The Morgan fingerprint density at radius 2 is 1.86 bits per heavy atom. The number of carbonyl (C=O) groups is 1. The number of ketones is 1. The van der Waals surface area contributed by atoms with Crippen molar-refractivity contribution in [2.45, 2.75) is 63.3 Å². The maximum atomic E-state index is 11.7. The molecule has 2 aliphatic carbocycles. The van der Waals surface area contributed by atoms with Gasteiger partial charge in [-0.2, -0.15) is 0 Å². The van der Waals surface area contributed by atoms with Crippen molar-refractivity contribution in [2.24, 2.45) is 11.7 Å². The lowest BCUT2D eigenvalue weighted by Crippen LogP contribution is -2.39. The highest BCUT2D eigenvalue weighted by atomic mass is 16.1. The van der Waals surface area contributed by atoms with Crippen LogP contribution in [0.5, 0.6) is 0 Å². The fourth-order valence-electron chi connectivity index (χ4n) is 2.74. The van der Waals surface area contributed by atoms with Crippen LogP contribution in [0.25, 0.3) is 0 Å². The minimum absolute atomic E-state index is 0.124. The van der Waals surface area contributed by atoms with Crippen LogP contribution in [0.15, 0.2) is 0 Å². The van der Waals surface area contributed by atoms with Gasteiger partial charge in [0.05, 0.1) is 0 Å². The summed E-state index contributed by atoms with van der Waals surface area (Å²) in [7, 11) is 0. The highest BCUT2D eigenvalue weighted by Gasteiger charge is 2.32. The van der Waals surface area contributed by atoms with Crippen molar-refractivity contribution in [1.82, 2.24) is 0 Å². The van der Waals surface area contributed by atoms with Gasteiger partial charge in [-0.1, -0.05) is 32.1 Å². The predicted molar refractivity (Wildman–Crippen MR) is 57.0 cm³/mol. The minimum Gasteiger partial charge on any atom is -0.325 e. The minimum atomic E-state index is -0.124. The van der Waals surface area contributed by atoms with Gasteiger partial charge >= 0.3 is 0 Å². The number of rotatable bonds is 4. The second-order valence-electron chi connectivity index (χ2n) is 5.29. The summed E-state index contributed by atoms with van der Waals surface area (Å²) in [4.78, 5) is 11.7. The van der Waals surface area contributed by atoms with Crippen molar-refractivity contribution in [3.63, 3.8) is 0 Å². The van der Waals surface area contributed by atoms with Gasteiger partial charge in [-0.15, -0.1) is 0 Å². The molecule has 0 heterocycles. The highest BCUT2D eigenvalue weighted by molar-refractivity contribution is 5.80. The van der Waals surface area contributed by atoms with Gasteiger partial charge < -0.3 is 5.73 Å². The molecule has 0 spiro atoms. The average molecular weight is 195 g/mol. The fourth-order valence-corrected chi connectivity index (χ4v) is 2.74. The van der Waals surface area contributed by atoms with Gasteiger partial charge in [-0.05, 0) is 18.8 Å². The first-order valence-corrected chi connectivity index (χ1v) is 5.99. The molecule has 2 saturated carbocycles. The van der Waals surface area contributed by atoms with E-state index < -0.39 is 0 Å². The molecule has 14 heavy (non-hydrogen) atoms. The van der Waals surface area contributed by atoms with Gasteiger partial charge in [0, 0.05) is 18.4 Å². The van der Waals surface area contributed by atoms with E-state index in [4.69, 9.17) is 5.73 Å². The van der Waals surface area contributed by atoms with E-state index >= 15 is 0 Å². The Balaban J connectivity index is 1.75. The van der Waals surface area contributed by atoms with Gasteiger partial charge in [-0.25, -0.2) is 0 Å². The summed E-state index contributed by atoms with van der Waals surface area (Å²) >= 11 is 0. The van der Waals surface area contributed by atoms with Crippen molar-refractivity contribution in [3.05, 3.63) is 0 Å². The largest absolute Gasteiger partial charge is 0.325 e. The second kappa shape index (κ2) is 4.01. The van der Waals surface area contributed by atoms with Crippen LogP contribution in [0.2, 0.25) is 0 Å². The van der Waals surface area contributed by atoms with E-state index in [1.54, 1.807) is 0 Å². The third-order valence-electron chi connectivity index (χ3n) is 3.89. The molecule has 0 atom stereocenters. The van der Waals surface area contributed by atoms with Crippen LogP contribution in [0.4, 0.5) is 0 Å². The molecular formula is C12H21NO. The summed E-state index contributed by atoms with van der Waals surface area (Å²) in [6.45, 7) is 0. The topological polar surface area (TPSA) is 43.1 Å². The molecule has 2 aliphatic rings. The molecule has 2 nitrogen and oxygen atoms in total. The monoisotopic (exact) mass is 195 g/mol. The molecule has 0 saturated heterocycles. The molecule has 80 valence electrons. The highest BCUT2D eigenvalue weighted by Crippen LogP contribution is 2.34. The first kappa shape index (κ1) is 10.2. The maximum absolute atomic E-state index is 11.7. The van der Waals surface area contributed by atoms with Crippen LogP contribution in [-0.2, 0) is 4.79 Å². The lowest BCUT2D eigenvalue weighted by molar-refractivity contribution is -0.121. The molecular weight excluding hydrogens is 174 g/mol. The van der Waals surface area contributed by atoms with E-state index in [9.17, 15) is 4.79 Å². The number of carbonyl (C=O) groups excluding carboxylic acids is 1. The van der Waals surface area contributed by atoms with Crippen molar-refractivity contribution in [1.29, 1.82) is 0 Å². The van der Waals surface area contributed by atoms with Crippen LogP contribution < -0.4 is 5.73 Å². The van der Waals surface area contributed by atoms with Crippen molar-refractivity contribution < 1.29 is 4.79 Å². The van der Waals surface area contributed by atoms with Gasteiger partial charge in [0.15, 0.2) is 0 Å². The molecule has 2 N–H and O–H groups in total. The third-order valence-corrected chi connectivity index (χ3v) is 3.89. The Bertz CT molecular complexity index is 214. The van der Waals surface area contributed by atoms with E-state index in [0.29, 0.717) is 18.1 Å². The van der Waals surface area contributed by atoms with E-state index in [0.717, 1.165) is 19.3 Å². The lowest BCUT2D eigenvalue weighted by atomic mass is 9.79. The molecule has 0 aromatic carbocycles. The molecule has 0 unspecified atom stereocenters. The standard InChI is InChI=1S/C12H21NO/c13-12(6-1-2-7-12)9-11(14)8-10-4-3-5-10/h10H,1-9,13H2.